The zero-order valence-electron chi connectivity index (χ0n) is 10.9. The molecule has 0 radical (unpaired) electrons. The highest BCUT2D eigenvalue weighted by Crippen LogP contribution is 2.13. The molecule has 0 bridgehead atoms. The van der Waals surface area contributed by atoms with E-state index in [4.69, 9.17) is 5.11 Å². The van der Waals surface area contributed by atoms with Crippen LogP contribution in [0.4, 0.5) is 4.39 Å². The van der Waals surface area contributed by atoms with Gasteiger partial charge in [-0.15, -0.1) is 0 Å². The van der Waals surface area contributed by atoms with E-state index >= 15 is 0 Å². The number of nitrogens with one attached hydrogen (secondary N) is 1. The van der Waals surface area contributed by atoms with Gasteiger partial charge in [0.25, 0.3) is 0 Å². The highest BCUT2D eigenvalue weighted by molar-refractivity contribution is 5.19. The van der Waals surface area contributed by atoms with E-state index in [0.717, 1.165) is 11.1 Å². The molecular formula is C14H18FN3O. The average molecular weight is 263 g/mol. The number of aliphatic hydroxyl groups is 1. The molecule has 0 unspecified atom stereocenters. The number of aliphatic hydroxyl groups excluding tert-OH is 1. The fraction of sp³-hybridized carbons (Fsp3) is 0.357. The maximum atomic E-state index is 12.8. The van der Waals surface area contributed by atoms with Crippen molar-refractivity contribution in [2.45, 2.75) is 26.1 Å². The fourth-order valence-corrected chi connectivity index (χ4v) is 1.86. The topological polar surface area (TPSA) is 50.1 Å². The Morgan fingerprint density at radius 3 is 2.79 bits per heavy atom. The number of hydrogen-bond donors (Lipinski definition) is 2. The molecule has 1 atom stereocenters. The molecule has 1 aromatic heterocycles. The fourth-order valence-electron chi connectivity index (χ4n) is 1.86. The van der Waals surface area contributed by atoms with Gasteiger partial charge in [0.15, 0.2) is 0 Å². The van der Waals surface area contributed by atoms with E-state index < -0.39 is 0 Å². The van der Waals surface area contributed by atoms with Crippen LogP contribution in [0.1, 0.15) is 24.1 Å². The lowest BCUT2D eigenvalue weighted by atomic mass is 10.1. The van der Waals surface area contributed by atoms with Crippen LogP contribution in [0.15, 0.2) is 36.7 Å². The molecule has 2 N–H and O–H groups in total. The molecule has 4 nitrogen and oxygen atoms in total. The van der Waals surface area contributed by atoms with Crippen molar-refractivity contribution in [1.29, 1.82) is 0 Å². The minimum atomic E-state index is -0.221. The smallest absolute Gasteiger partial charge is 0.123 e. The summed E-state index contributed by atoms with van der Waals surface area (Å²) in [7, 11) is 0. The number of hydrogen-bond acceptors (Lipinski definition) is 3. The zero-order valence-corrected chi connectivity index (χ0v) is 10.9. The number of nitrogens with zero attached hydrogens (tertiary/aromatic N) is 2. The summed E-state index contributed by atoms with van der Waals surface area (Å²) >= 11 is 0. The van der Waals surface area contributed by atoms with Crippen molar-refractivity contribution < 1.29 is 9.50 Å². The minimum Gasteiger partial charge on any atom is -0.394 e. The first-order valence-corrected chi connectivity index (χ1v) is 6.30. The predicted molar refractivity (Wildman–Crippen MR) is 71.0 cm³/mol. The van der Waals surface area contributed by atoms with Gasteiger partial charge in [0, 0.05) is 24.3 Å². The molecule has 0 amide bonds. The molecule has 0 aliphatic heterocycles. The third kappa shape index (κ3) is 3.87. The molecule has 0 saturated heterocycles. The van der Waals surface area contributed by atoms with Gasteiger partial charge in [-0.25, -0.2) is 4.39 Å². The Balaban J connectivity index is 1.88. The summed E-state index contributed by atoms with van der Waals surface area (Å²) in [6.07, 6.45) is 3.68. The predicted octanol–water partition coefficient (Wildman–Crippen LogP) is 1.87. The minimum absolute atomic E-state index is 0.0839. The highest BCUT2D eigenvalue weighted by Gasteiger charge is 2.06. The van der Waals surface area contributed by atoms with Gasteiger partial charge in [0.2, 0.25) is 0 Å². The van der Waals surface area contributed by atoms with Crippen molar-refractivity contribution in [3.8, 4) is 0 Å². The summed E-state index contributed by atoms with van der Waals surface area (Å²) in [5, 5.41) is 16.3. The summed E-state index contributed by atoms with van der Waals surface area (Å²) in [5.74, 6) is -0.221. The Kier molecular flexibility index (Phi) is 4.65. The number of aromatic nitrogens is 2. The van der Waals surface area contributed by atoms with Crippen molar-refractivity contribution in [1.82, 2.24) is 15.1 Å². The van der Waals surface area contributed by atoms with E-state index in [9.17, 15) is 4.39 Å². The van der Waals surface area contributed by atoms with Crippen LogP contribution in [-0.2, 0) is 13.1 Å². The Morgan fingerprint density at radius 2 is 2.11 bits per heavy atom. The van der Waals surface area contributed by atoms with Crippen molar-refractivity contribution in [3.63, 3.8) is 0 Å². The molecule has 102 valence electrons. The van der Waals surface area contributed by atoms with Gasteiger partial charge in [-0.05, 0) is 24.6 Å². The third-order valence-corrected chi connectivity index (χ3v) is 3.00. The number of benzene rings is 1. The summed E-state index contributed by atoms with van der Waals surface area (Å²) < 4.78 is 14.5. The van der Waals surface area contributed by atoms with Crippen LogP contribution in [0.5, 0.6) is 0 Å². The average Bonchev–Trinajstić information content (AvgIpc) is 2.85. The molecule has 19 heavy (non-hydrogen) atoms. The van der Waals surface area contributed by atoms with Gasteiger partial charge >= 0.3 is 0 Å². The largest absolute Gasteiger partial charge is 0.394 e. The van der Waals surface area contributed by atoms with Crippen LogP contribution in [0, 0.1) is 5.82 Å². The van der Waals surface area contributed by atoms with Crippen LogP contribution < -0.4 is 5.32 Å². The summed E-state index contributed by atoms with van der Waals surface area (Å²) in [4.78, 5) is 0. The molecule has 0 aliphatic carbocycles. The van der Waals surface area contributed by atoms with Crippen molar-refractivity contribution in [3.05, 3.63) is 53.6 Å². The Bertz CT molecular complexity index is 510. The number of rotatable bonds is 6. The first-order valence-electron chi connectivity index (χ1n) is 6.30. The van der Waals surface area contributed by atoms with Crippen LogP contribution in [-0.4, -0.2) is 21.5 Å². The van der Waals surface area contributed by atoms with Gasteiger partial charge in [-0.2, -0.15) is 5.10 Å². The molecule has 2 aromatic rings. The molecule has 0 fully saturated rings. The van der Waals surface area contributed by atoms with Gasteiger partial charge in [0.05, 0.1) is 19.3 Å². The molecule has 2 rings (SSSR count). The highest BCUT2D eigenvalue weighted by atomic mass is 19.1. The van der Waals surface area contributed by atoms with Crippen molar-refractivity contribution >= 4 is 0 Å². The van der Waals surface area contributed by atoms with E-state index in [2.05, 4.69) is 10.4 Å². The lowest BCUT2D eigenvalue weighted by Crippen LogP contribution is -2.17. The molecule has 1 heterocycles. The molecule has 0 saturated carbocycles. The second-order valence-electron chi connectivity index (χ2n) is 4.49. The Morgan fingerprint density at radius 1 is 1.37 bits per heavy atom. The number of halogens is 1. The van der Waals surface area contributed by atoms with Crippen molar-refractivity contribution in [2.24, 2.45) is 0 Å². The summed E-state index contributed by atoms with van der Waals surface area (Å²) in [6.45, 7) is 3.31. The zero-order chi connectivity index (χ0) is 13.7. The molecule has 0 spiro atoms. The SMILES string of the molecule is C[C@@H](NCc1cnn(CCO)c1)c1ccc(F)cc1. The van der Waals surface area contributed by atoms with Gasteiger partial charge in [-0.3, -0.25) is 4.68 Å². The maximum absolute atomic E-state index is 12.8. The molecule has 5 heteroatoms. The van der Waals surface area contributed by atoms with Gasteiger partial charge in [-0.1, -0.05) is 12.1 Å². The van der Waals surface area contributed by atoms with Crippen LogP contribution in [0.2, 0.25) is 0 Å². The monoisotopic (exact) mass is 263 g/mol. The van der Waals surface area contributed by atoms with Crippen LogP contribution >= 0.6 is 0 Å². The summed E-state index contributed by atoms with van der Waals surface area (Å²) in [5.41, 5.74) is 2.10. The summed E-state index contributed by atoms with van der Waals surface area (Å²) in [6, 6.07) is 6.63. The third-order valence-electron chi connectivity index (χ3n) is 3.00. The van der Waals surface area contributed by atoms with E-state index in [1.54, 1.807) is 23.0 Å². The lowest BCUT2D eigenvalue weighted by molar-refractivity contribution is 0.269. The van der Waals surface area contributed by atoms with Crippen LogP contribution in [0.25, 0.3) is 0 Å². The normalized spacial score (nSPS) is 12.6. The van der Waals surface area contributed by atoms with E-state index in [0.29, 0.717) is 13.1 Å². The quantitative estimate of drug-likeness (QED) is 0.836. The lowest BCUT2D eigenvalue weighted by Gasteiger charge is -2.13. The second kappa shape index (κ2) is 6.45. The first kappa shape index (κ1) is 13.7. The standard InChI is InChI=1S/C14H18FN3O/c1-11(13-2-4-14(15)5-3-13)16-8-12-9-17-18(10-12)6-7-19/h2-5,9-11,16,19H,6-8H2,1H3/t11-/m1/s1. The Hall–Kier alpha value is -1.72. The molecule has 1 aromatic carbocycles. The van der Waals surface area contributed by atoms with Gasteiger partial charge in [0.1, 0.15) is 5.82 Å². The molecule has 0 aliphatic rings. The first-order chi connectivity index (χ1) is 9.19. The Labute approximate surface area is 111 Å². The second-order valence-corrected chi connectivity index (χ2v) is 4.49. The van der Waals surface area contributed by atoms with Crippen LogP contribution in [0.3, 0.4) is 0 Å². The van der Waals surface area contributed by atoms with E-state index in [-0.39, 0.29) is 18.5 Å². The molecular weight excluding hydrogens is 245 g/mol. The maximum Gasteiger partial charge on any atom is 0.123 e. The van der Waals surface area contributed by atoms with E-state index in [1.165, 1.54) is 12.1 Å². The van der Waals surface area contributed by atoms with E-state index in [1.807, 2.05) is 13.1 Å². The van der Waals surface area contributed by atoms with Crippen molar-refractivity contribution in [2.75, 3.05) is 6.61 Å². The van der Waals surface area contributed by atoms with Gasteiger partial charge < -0.3 is 10.4 Å².